The number of carbonyl (C=O) groups is 1. The molecule has 1 aromatic rings. The van der Waals surface area contributed by atoms with Gasteiger partial charge in [-0.1, -0.05) is 0 Å². The molecule has 0 spiro atoms. The summed E-state index contributed by atoms with van der Waals surface area (Å²) in [5.74, 6) is 4.58. The first kappa shape index (κ1) is 11.1. The molecule has 0 radical (unpaired) electrons. The maximum Gasteiger partial charge on any atom is 0.265 e. The van der Waals surface area contributed by atoms with E-state index in [4.69, 9.17) is 11.1 Å². The molecule has 0 bridgehead atoms. The molecule has 0 saturated carbocycles. The summed E-state index contributed by atoms with van der Waals surface area (Å²) in [7, 11) is 0. The molecular formula is C8H10N4O. The Morgan fingerprint density at radius 2 is 2.08 bits per heavy atom. The first-order valence-electron chi connectivity index (χ1n) is 3.48. The molecule has 0 aromatic carbocycles. The van der Waals surface area contributed by atoms with Gasteiger partial charge in [-0.25, -0.2) is 5.84 Å². The van der Waals surface area contributed by atoms with Gasteiger partial charge >= 0.3 is 0 Å². The lowest BCUT2D eigenvalue weighted by molar-refractivity contribution is 0.0953. The SMILES string of the molecule is CC#N.NNC(=O)c1ccncc1. The molecule has 0 atom stereocenters. The second kappa shape index (κ2) is 6.76. The zero-order valence-corrected chi connectivity index (χ0v) is 7.19. The molecule has 0 unspecified atom stereocenters. The van der Waals surface area contributed by atoms with Crippen molar-refractivity contribution >= 4 is 5.91 Å². The Bertz CT molecular complexity index is 291. The lowest BCUT2D eigenvalue weighted by Crippen LogP contribution is -2.29. The highest BCUT2D eigenvalue weighted by atomic mass is 16.2. The normalized spacial score (nSPS) is 7.46. The number of hydrogen-bond donors (Lipinski definition) is 2. The number of pyridine rings is 1. The van der Waals surface area contributed by atoms with Gasteiger partial charge in [0.25, 0.3) is 5.91 Å². The number of nitrogens with zero attached hydrogens (tertiary/aromatic N) is 2. The van der Waals surface area contributed by atoms with Gasteiger partial charge in [0.05, 0.1) is 6.07 Å². The molecule has 1 amide bonds. The number of nitrogens with two attached hydrogens (primary N) is 1. The molecule has 3 N–H and O–H groups in total. The van der Waals surface area contributed by atoms with Gasteiger partial charge in [-0.15, -0.1) is 0 Å². The van der Waals surface area contributed by atoms with E-state index in [1.807, 2.05) is 5.43 Å². The Morgan fingerprint density at radius 1 is 1.62 bits per heavy atom. The van der Waals surface area contributed by atoms with Crippen LogP contribution in [-0.4, -0.2) is 10.9 Å². The molecule has 1 heterocycles. The number of amides is 1. The number of nitriles is 1. The molecule has 0 aliphatic carbocycles. The second-order valence-electron chi connectivity index (χ2n) is 1.93. The van der Waals surface area contributed by atoms with Gasteiger partial charge in [0.15, 0.2) is 0 Å². The summed E-state index contributed by atoms with van der Waals surface area (Å²) in [5, 5.41) is 7.32. The molecule has 5 nitrogen and oxygen atoms in total. The molecule has 5 heteroatoms. The van der Waals surface area contributed by atoms with Gasteiger partial charge in [0.1, 0.15) is 0 Å². The number of carbonyl (C=O) groups excluding carboxylic acids is 1. The Labute approximate surface area is 76.2 Å². The predicted molar refractivity (Wildman–Crippen MR) is 47.2 cm³/mol. The smallest absolute Gasteiger partial charge is 0.265 e. The summed E-state index contributed by atoms with van der Waals surface area (Å²) in [4.78, 5) is 14.5. The number of nitrogen functional groups attached to an aromatic ring is 1. The van der Waals surface area contributed by atoms with Crippen molar-refractivity contribution in [1.29, 1.82) is 5.26 Å². The average Bonchev–Trinajstić information content (AvgIpc) is 2.19. The largest absolute Gasteiger partial charge is 0.290 e. The molecule has 0 aliphatic heterocycles. The zero-order chi connectivity index (χ0) is 10.1. The summed E-state index contributed by atoms with van der Waals surface area (Å²) >= 11 is 0. The highest BCUT2D eigenvalue weighted by molar-refractivity contribution is 5.93. The molecular weight excluding hydrogens is 168 g/mol. The number of hydrazine groups is 1. The summed E-state index contributed by atoms with van der Waals surface area (Å²) in [5.41, 5.74) is 2.53. The minimum Gasteiger partial charge on any atom is -0.290 e. The average molecular weight is 178 g/mol. The maximum atomic E-state index is 10.7. The molecule has 1 rings (SSSR count). The Morgan fingerprint density at radius 3 is 2.46 bits per heavy atom. The van der Waals surface area contributed by atoms with Crippen LogP contribution >= 0.6 is 0 Å². The van der Waals surface area contributed by atoms with Crippen LogP contribution in [0.15, 0.2) is 24.5 Å². The maximum absolute atomic E-state index is 10.7. The lowest BCUT2D eigenvalue weighted by Gasteiger charge is -1.95. The summed E-state index contributed by atoms with van der Waals surface area (Å²) < 4.78 is 0. The second-order valence-corrected chi connectivity index (χ2v) is 1.93. The number of rotatable bonds is 1. The van der Waals surface area contributed by atoms with Crippen molar-refractivity contribution in [2.75, 3.05) is 0 Å². The van der Waals surface area contributed by atoms with Crippen LogP contribution in [0.2, 0.25) is 0 Å². The molecule has 0 saturated heterocycles. The number of hydrogen-bond acceptors (Lipinski definition) is 4. The third-order valence-electron chi connectivity index (χ3n) is 1.07. The van der Waals surface area contributed by atoms with E-state index in [9.17, 15) is 4.79 Å². The van der Waals surface area contributed by atoms with E-state index in [0.29, 0.717) is 5.56 Å². The lowest BCUT2D eigenvalue weighted by atomic mass is 10.3. The van der Waals surface area contributed by atoms with Crippen molar-refractivity contribution in [2.45, 2.75) is 6.92 Å². The van der Waals surface area contributed by atoms with Crippen molar-refractivity contribution in [3.63, 3.8) is 0 Å². The van der Waals surface area contributed by atoms with Crippen LogP contribution in [0, 0.1) is 11.3 Å². The van der Waals surface area contributed by atoms with Gasteiger partial charge in [0.2, 0.25) is 0 Å². The quantitative estimate of drug-likeness (QED) is 0.365. The van der Waals surface area contributed by atoms with Crippen LogP contribution < -0.4 is 11.3 Å². The molecule has 0 aliphatic rings. The van der Waals surface area contributed by atoms with E-state index in [0.717, 1.165) is 0 Å². The van der Waals surface area contributed by atoms with Crippen LogP contribution in [0.5, 0.6) is 0 Å². The molecule has 1 aromatic heterocycles. The van der Waals surface area contributed by atoms with Crippen LogP contribution in [-0.2, 0) is 0 Å². The van der Waals surface area contributed by atoms with E-state index in [2.05, 4.69) is 4.98 Å². The topological polar surface area (TPSA) is 91.8 Å². The number of nitrogens with one attached hydrogen (secondary N) is 1. The van der Waals surface area contributed by atoms with Crippen LogP contribution in [0.3, 0.4) is 0 Å². The van der Waals surface area contributed by atoms with E-state index < -0.39 is 0 Å². The van der Waals surface area contributed by atoms with Crippen LogP contribution in [0.1, 0.15) is 17.3 Å². The van der Waals surface area contributed by atoms with Crippen molar-refractivity contribution < 1.29 is 4.79 Å². The fourth-order valence-corrected chi connectivity index (χ4v) is 0.587. The molecule has 68 valence electrons. The van der Waals surface area contributed by atoms with Gasteiger partial charge < -0.3 is 0 Å². The predicted octanol–water partition coefficient (Wildman–Crippen LogP) is 0.215. The first-order valence-corrected chi connectivity index (χ1v) is 3.48. The highest BCUT2D eigenvalue weighted by Gasteiger charge is 1.98. The molecule has 13 heavy (non-hydrogen) atoms. The van der Waals surface area contributed by atoms with Gasteiger partial charge in [-0.3, -0.25) is 15.2 Å². The summed E-state index contributed by atoms with van der Waals surface area (Å²) in [6.45, 7) is 1.43. The van der Waals surface area contributed by atoms with Crippen molar-refractivity contribution in [3.05, 3.63) is 30.1 Å². The highest BCUT2D eigenvalue weighted by Crippen LogP contribution is 1.93. The van der Waals surface area contributed by atoms with Gasteiger partial charge in [-0.05, 0) is 12.1 Å². The third-order valence-corrected chi connectivity index (χ3v) is 1.07. The monoisotopic (exact) mass is 178 g/mol. The third kappa shape index (κ3) is 4.50. The molecule has 0 fully saturated rings. The zero-order valence-electron chi connectivity index (χ0n) is 7.19. The Balaban J connectivity index is 0.000000424. The van der Waals surface area contributed by atoms with Crippen LogP contribution in [0.4, 0.5) is 0 Å². The first-order chi connectivity index (χ1) is 6.26. The standard InChI is InChI=1S/C6H7N3O.C2H3N/c7-9-6(10)5-1-3-8-4-2-5;1-2-3/h1-4H,7H2,(H,9,10);1H3. The van der Waals surface area contributed by atoms with E-state index in [1.54, 1.807) is 18.2 Å². The number of aromatic nitrogens is 1. The van der Waals surface area contributed by atoms with E-state index in [-0.39, 0.29) is 5.91 Å². The van der Waals surface area contributed by atoms with Crippen molar-refractivity contribution in [3.8, 4) is 6.07 Å². The van der Waals surface area contributed by atoms with Gasteiger partial charge in [-0.2, -0.15) is 5.26 Å². The summed E-state index contributed by atoms with van der Waals surface area (Å²) in [6.07, 6.45) is 3.06. The minimum atomic E-state index is -0.303. The van der Waals surface area contributed by atoms with Gasteiger partial charge in [0, 0.05) is 24.9 Å². The van der Waals surface area contributed by atoms with Crippen LogP contribution in [0.25, 0.3) is 0 Å². The fraction of sp³-hybridized carbons (Fsp3) is 0.125. The summed E-state index contributed by atoms with van der Waals surface area (Å²) in [6, 6.07) is 4.92. The van der Waals surface area contributed by atoms with Crippen molar-refractivity contribution in [1.82, 2.24) is 10.4 Å². The van der Waals surface area contributed by atoms with E-state index >= 15 is 0 Å². The van der Waals surface area contributed by atoms with Crippen molar-refractivity contribution in [2.24, 2.45) is 5.84 Å². The van der Waals surface area contributed by atoms with E-state index in [1.165, 1.54) is 19.3 Å². The Kier molecular flexibility index (Phi) is 5.76. The fourth-order valence-electron chi connectivity index (χ4n) is 0.587. The Hall–Kier alpha value is -1.93. The minimum absolute atomic E-state index is 0.303.